The summed E-state index contributed by atoms with van der Waals surface area (Å²) in [6, 6.07) is 13.0. The van der Waals surface area contributed by atoms with Gasteiger partial charge in [0.15, 0.2) is 15.7 Å². The highest BCUT2D eigenvalue weighted by molar-refractivity contribution is 7.90. The van der Waals surface area contributed by atoms with Gasteiger partial charge in [-0.2, -0.15) is 0 Å². The van der Waals surface area contributed by atoms with Crippen LogP contribution in [0.4, 0.5) is 22.0 Å². The molecule has 2 amide bonds. The van der Waals surface area contributed by atoms with E-state index < -0.39 is 15.9 Å². The molecule has 1 aliphatic carbocycles. The molecule has 33 heavy (non-hydrogen) atoms. The Morgan fingerprint density at radius 2 is 1.61 bits per heavy atom. The molecule has 0 radical (unpaired) electrons. The van der Waals surface area contributed by atoms with E-state index in [0.29, 0.717) is 17.2 Å². The van der Waals surface area contributed by atoms with Gasteiger partial charge in [0.25, 0.3) is 0 Å². The van der Waals surface area contributed by atoms with Crippen LogP contribution in [0, 0.1) is 0 Å². The van der Waals surface area contributed by atoms with E-state index in [-0.39, 0.29) is 4.90 Å². The second-order valence-electron chi connectivity index (χ2n) is 7.99. The minimum atomic E-state index is -3.29. The number of aryl methyl sites for hydroxylation is 1. The summed E-state index contributed by atoms with van der Waals surface area (Å²) in [5.41, 5.74) is 12.4. The van der Waals surface area contributed by atoms with E-state index in [2.05, 4.69) is 25.2 Å². The zero-order valence-corrected chi connectivity index (χ0v) is 18.7. The van der Waals surface area contributed by atoms with Crippen molar-refractivity contribution in [2.75, 3.05) is 22.6 Å². The molecule has 0 saturated carbocycles. The quantitative estimate of drug-likeness (QED) is 0.425. The van der Waals surface area contributed by atoms with Gasteiger partial charge in [-0.05, 0) is 73.4 Å². The maximum atomic E-state index is 12.4. The topological polar surface area (TPSA) is 132 Å². The molecule has 2 aromatic heterocycles. The number of benzene rings is 2. The van der Waals surface area contributed by atoms with Crippen LogP contribution in [0.25, 0.3) is 16.7 Å². The van der Waals surface area contributed by atoms with Crippen LogP contribution in [0.2, 0.25) is 0 Å². The number of anilines is 3. The number of nitrogen functional groups attached to an aromatic ring is 1. The van der Waals surface area contributed by atoms with Gasteiger partial charge < -0.3 is 20.9 Å². The molecule has 4 aromatic rings. The molecule has 2 aromatic carbocycles. The van der Waals surface area contributed by atoms with Gasteiger partial charge in [-0.25, -0.2) is 23.2 Å². The maximum absolute atomic E-state index is 12.4. The molecular weight excluding hydrogens is 440 g/mol. The number of hydrogen-bond donors (Lipinski definition) is 3. The number of rotatable bonds is 4. The average molecular weight is 463 g/mol. The summed E-state index contributed by atoms with van der Waals surface area (Å²) in [4.78, 5) is 21.2. The lowest BCUT2D eigenvalue weighted by molar-refractivity contribution is 0.262. The molecule has 2 heterocycles. The Balaban J connectivity index is 1.35. The van der Waals surface area contributed by atoms with Crippen LogP contribution in [0.15, 0.2) is 59.8 Å². The Labute approximate surface area is 190 Å². The van der Waals surface area contributed by atoms with Crippen LogP contribution in [0.5, 0.6) is 0 Å². The Morgan fingerprint density at radius 1 is 0.970 bits per heavy atom. The van der Waals surface area contributed by atoms with E-state index in [9.17, 15) is 13.2 Å². The number of nitrogens with zero attached hydrogens (tertiary/aromatic N) is 3. The first-order valence-corrected chi connectivity index (χ1v) is 12.3. The normalized spacial score (nSPS) is 13.1. The minimum absolute atomic E-state index is 0.194. The standard InChI is InChI=1S/C23H22N6O3S/c1-33(31,32)17-11-7-15(8-12-17)28-23(30)27-14-5-9-16(10-6-14)29-19-4-2-3-18(19)20-21(29)22(24)26-13-25-20/h5-13H,2-4H2,1H3,(H2,24,25,26)(H2,27,28,30). The summed E-state index contributed by atoms with van der Waals surface area (Å²) in [6.07, 6.45) is 5.64. The lowest BCUT2D eigenvalue weighted by Gasteiger charge is -2.12. The summed E-state index contributed by atoms with van der Waals surface area (Å²) >= 11 is 0. The van der Waals surface area contributed by atoms with E-state index in [0.717, 1.165) is 42.2 Å². The van der Waals surface area contributed by atoms with Crippen molar-refractivity contribution in [2.45, 2.75) is 24.2 Å². The molecule has 9 nitrogen and oxygen atoms in total. The van der Waals surface area contributed by atoms with Crippen LogP contribution in [0.3, 0.4) is 0 Å². The molecular formula is C23H22N6O3S. The van der Waals surface area contributed by atoms with Gasteiger partial charge in [-0.15, -0.1) is 0 Å². The third kappa shape index (κ3) is 3.89. The highest BCUT2D eigenvalue weighted by Crippen LogP contribution is 2.36. The third-order valence-corrected chi connectivity index (χ3v) is 6.87. The molecule has 0 spiro atoms. The van der Waals surface area contributed by atoms with Gasteiger partial charge in [-0.3, -0.25) is 0 Å². The predicted octanol–water partition coefficient (Wildman–Crippen LogP) is 3.54. The van der Waals surface area contributed by atoms with Crippen LogP contribution in [-0.2, 0) is 22.7 Å². The smallest absolute Gasteiger partial charge is 0.323 e. The minimum Gasteiger partial charge on any atom is -0.382 e. The number of sulfone groups is 1. The fourth-order valence-electron chi connectivity index (χ4n) is 4.26. The fraction of sp³-hybridized carbons (Fsp3) is 0.174. The van der Waals surface area contributed by atoms with Crippen molar-refractivity contribution in [3.63, 3.8) is 0 Å². The molecule has 0 bridgehead atoms. The van der Waals surface area contributed by atoms with Crippen molar-refractivity contribution < 1.29 is 13.2 Å². The number of carbonyl (C=O) groups excluding carboxylic acids is 1. The predicted molar refractivity (Wildman–Crippen MR) is 127 cm³/mol. The molecule has 0 fully saturated rings. The number of carbonyl (C=O) groups is 1. The summed E-state index contributed by atoms with van der Waals surface area (Å²) in [7, 11) is -3.29. The Kier molecular flexibility index (Phi) is 5.01. The van der Waals surface area contributed by atoms with E-state index in [1.807, 2.05) is 24.3 Å². The number of hydrogen-bond acceptors (Lipinski definition) is 6. The van der Waals surface area contributed by atoms with Crippen LogP contribution in [-0.4, -0.2) is 35.2 Å². The van der Waals surface area contributed by atoms with E-state index in [4.69, 9.17) is 5.73 Å². The SMILES string of the molecule is CS(=O)(=O)c1ccc(NC(=O)Nc2ccc(-n3c4c(c5ncnc(N)c53)CCC4)cc2)cc1. The van der Waals surface area contributed by atoms with Gasteiger partial charge >= 0.3 is 6.03 Å². The number of amides is 2. The Morgan fingerprint density at radius 3 is 2.24 bits per heavy atom. The van der Waals surface area contributed by atoms with Crippen LogP contribution < -0.4 is 16.4 Å². The van der Waals surface area contributed by atoms with E-state index in [1.54, 1.807) is 12.1 Å². The van der Waals surface area contributed by atoms with Gasteiger partial charge in [0.2, 0.25) is 0 Å². The third-order valence-electron chi connectivity index (χ3n) is 5.74. The number of nitrogens with two attached hydrogens (primary N) is 1. The first kappa shape index (κ1) is 21.0. The maximum Gasteiger partial charge on any atom is 0.323 e. The second-order valence-corrected chi connectivity index (χ2v) is 10.0. The lowest BCUT2D eigenvalue weighted by Crippen LogP contribution is -2.19. The van der Waals surface area contributed by atoms with Crippen molar-refractivity contribution in [3.05, 3.63) is 66.1 Å². The molecule has 0 saturated heterocycles. The number of urea groups is 1. The summed E-state index contributed by atoms with van der Waals surface area (Å²) in [5.74, 6) is 0.442. The second kappa shape index (κ2) is 7.89. The summed E-state index contributed by atoms with van der Waals surface area (Å²) in [6.45, 7) is 0. The molecule has 10 heteroatoms. The van der Waals surface area contributed by atoms with Crippen molar-refractivity contribution in [1.82, 2.24) is 14.5 Å². The molecule has 4 N–H and O–H groups in total. The van der Waals surface area contributed by atoms with Crippen molar-refractivity contribution >= 4 is 44.1 Å². The van der Waals surface area contributed by atoms with E-state index in [1.165, 1.54) is 29.7 Å². The average Bonchev–Trinajstić information content (AvgIpc) is 3.36. The number of aromatic nitrogens is 3. The van der Waals surface area contributed by atoms with Gasteiger partial charge in [0.05, 0.1) is 10.4 Å². The van der Waals surface area contributed by atoms with Gasteiger partial charge in [0.1, 0.15) is 11.8 Å². The summed E-state index contributed by atoms with van der Waals surface area (Å²) in [5, 5.41) is 5.48. The molecule has 0 aliphatic heterocycles. The van der Waals surface area contributed by atoms with Gasteiger partial charge in [0, 0.05) is 29.0 Å². The molecule has 0 atom stereocenters. The van der Waals surface area contributed by atoms with Gasteiger partial charge in [-0.1, -0.05) is 0 Å². The zero-order chi connectivity index (χ0) is 23.2. The number of nitrogens with one attached hydrogen (secondary N) is 2. The van der Waals surface area contributed by atoms with Crippen molar-refractivity contribution in [1.29, 1.82) is 0 Å². The Bertz CT molecular complexity index is 1480. The first-order chi connectivity index (χ1) is 15.8. The molecule has 1 aliphatic rings. The molecule has 168 valence electrons. The summed E-state index contributed by atoms with van der Waals surface area (Å²) < 4.78 is 25.2. The fourth-order valence-corrected chi connectivity index (χ4v) is 4.89. The van der Waals surface area contributed by atoms with Crippen molar-refractivity contribution in [2.24, 2.45) is 0 Å². The molecule has 5 rings (SSSR count). The monoisotopic (exact) mass is 462 g/mol. The lowest BCUT2D eigenvalue weighted by atomic mass is 10.2. The Hall–Kier alpha value is -3.92. The van der Waals surface area contributed by atoms with E-state index >= 15 is 0 Å². The van der Waals surface area contributed by atoms with Crippen LogP contribution >= 0.6 is 0 Å². The largest absolute Gasteiger partial charge is 0.382 e. The van der Waals surface area contributed by atoms with Crippen LogP contribution in [0.1, 0.15) is 17.7 Å². The highest BCUT2D eigenvalue weighted by atomic mass is 32.2. The highest BCUT2D eigenvalue weighted by Gasteiger charge is 2.25. The van der Waals surface area contributed by atoms with Crippen molar-refractivity contribution in [3.8, 4) is 5.69 Å². The zero-order valence-electron chi connectivity index (χ0n) is 17.9. The molecule has 0 unspecified atom stereocenters. The number of fused-ring (bicyclic) bond motifs is 3. The first-order valence-electron chi connectivity index (χ1n) is 10.4.